The Labute approximate surface area is 282 Å². The molecule has 0 aliphatic rings. The Morgan fingerprint density at radius 3 is 1.69 bits per heavy atom. The first-order valence-corrected chi connectivity index (χ1v) is 16.6. The zero-order valence-corrected chi connectivity index (χ0v) is 26.5. The first kappa shape index (κ1) is 27.5. The Balaban J connectivity index is 1.21. The van der Waals surface area contributed by atoms with E-state index in [9.17, 15) is 0 Å². The van der Waals surface area contributed by atoms with Crippen LogP contribution in [0.25, 0.3) is 76.9 Å². The van der Waals surface area contributed by atoms with E-state index in [2.05, 4.69) is 163 Å². The Kier molecular flexibility index (Phi) is 6.18. The van der Waals surface area contributed by atoms with Crippen molar-refractivity contribution in [1.82, 2.24) is 0 Å². The standard InChI is InChI=1S/C46H29NO2/c1-3-13-34(14-4-1)47(35-15-5-2-6-16-35)36-23-21-31(22-24-36)38-26-25-37(33-20-19-30-11-7-8-12-32(30)29-33)44-45-42(49-46(38)44)28-27-41-43(45)39-17-9-10-18-40(39)48-41/h1-29H. The summed E-state index contributed by atoms with van der Waals surface area (Å²) in [5.41, 5.74) is 11.2. The van der Waals surface area contributed by atoms with Crippen molar-refractivity contribution in [2.45, 2.75) is 0 Å². The molecule has 0 saturated carbocycles. The summed E-state index contributed by atoms with van der Waals surface area (Å²) in [5.74, 6) is 0. The number of furan rings is 2. The number of anilines is 3. The molecule has 0 amide bonds. The van der Waals surface area contributed by atoms with Crippen molar-refractivity contribution in [3.05, 3.63) is 176 Å². The van der Waals surface area contributed by atoms with Gasteiger partial charge < -0.3 is 13.7 Å². The molecule has 49 heavy (non-hydrogen) atoms. The van der Waals surface area contributed by atoms with E-state index in [0.29, 0.717) is 0 Å². The summed E-state index contributed by atoms with van der Waals surface area (Å²) < 4.78 is 13.2. The van der Waals surface area contributed by atoms with Gasteiger partial charge in [-0.05, 0) is 94.2 Å². The highest BCUT2D eigenvalue weighted by Crippen LogP contribution is 2.47. The van der Waals surface area contributed by atoms with Gasteiger partial charge in [0.25, 0.3) is 0 Å². The van der Waals surface area contributed by atoms with E-state index < -0.39 is 0 Å². The minimum absolute atomic E-state index is 0.847. The molecule has 0 bridgehead atoms. The van der Waals surface area contributed by atoms with Gasteiger partial charge in [-0.15, -0.1) is 0 Å². The topological polar surface area (TPSA) is 29.5 Å². The summed E-state index contributed by atoms with van der Waals surface area (Å²) in [4.78, 5) is 2.28. The first-order valence-electron chi connectivity index (χ1n) is 16.6. The lowest BCUT2D eigenvalue weighted by Gasteiger charge is -2.25. The second-order valence-electron chi connectivity index (χ2n) is 12.5. The van der Waals surface area contributed by atoms with E-state index in [1.54, 1.807) is 0 Å². The second kappa shape index (κ2) is 11.0. The molecule has 2 heterocycles. The molecule has 0 N–H and O–H groups in total. The number of benzene rings is 8. The summed E-state index contributed by atoms with van der Waals surface area (Å²) in [6, 6.07) is 61.8. The van der Waals surface area contributed by atoms with Crippen molar-refractivity contribution in [1.29, 1.82) is 0 Å². The maximum Gasteiger partial charge on any atom is 0.143 e. The maximum atomic E-state index is 6.88. The minimum Gasteiger partial charge on any atom is -0.456 e. The molecule has 3 heteroatoms. The third-order valence-corrected chi connectivity index (χ3v) is 9.65. The Morgan fingerprint density at radius 2 is 0.939 bits per heavy atom. The van der Waals surface area contributed by atoms with E-state index >= 15 is 0 Å². The van der Waals surface area contributed by atoms with Crippen LogP contribution in [0.5, 0.6) is 0 Å². The molecular weight excluding hydrogens is 599 g/mol. The van der Waals surface area contributed by atoms with Gasteiger partial charge in [-0.25, -0.2) is 0 Å². The summed E-state index contributed by atoms with van der Waals surface area (Å²) in [7, 11) is 0. The molecule has 0 aliphatic carbocycles. The van der Waals surface area contributed by atoms with Crippen molar-refractivity contribution < 1.29 is 8.83 Å². The molecule has 0 atom stereocenters. The lowest BCUT2D eigenvalue weighted by Crippen LogP contribution is -2.09. The second-order valence-corrected chi connectivity index (χ2v) is 12.5. The van der Waals surface area contributed by atoms with Crippen molar-refractivity contribution >= 4 is 71.7 Å². The van der Waals surface area contributed by atoms with Gasteiger partial charge in [0.15, 0.2) is 0 Å². The van der Waals surface area contributed by atoms with Crippen LogP contribution in [0.4, 0.5) is 17.1 Å². The summed E-state index contributed by atoms with van der Waals surface area (Å²) >= 11 is 0. The fourth-order valence-corrected chi connectivity index (χ4v) is 7.39. The van der Waals surface area contributed by atoms with Gasteiger partial charge in [-0.1, -0.05) is 109 Å². The third-order valence-electron chi connectivity index (χ3n) is 9.65. The number of hydrogen-bond donors (Lipinski definition) is 0. The number of nitrogens with zero attached hydrogens (tertiary/aromatic N) is 1. The van der Waals surface area contributed by atoms with Gasteiger partial charge in [-0.3, -0.25) is 0 Å². The van der Waals surface area contributed by atoms with Crippen LogP contribution in [0.2, 0.25) is 0 Å². The number of rotatable bonds is 5. The van der Waals surface area contributed by atoms with Crippen molar-refractivity contribution in [2.24, 2.45) is 0 Å². The number of para-hydroxylation sites is 3. The molecule has 0 unspecified atom stereocenters. The predicted molar refractivity (Wildman–Crippen MR) is 204 cm³/mol. The molecule has 8 aromatic carbocycles. The van der Waals surface area contributed by atoms with Gasteiger partial charge in [0.2, 0.25) is 0 Å². The molecule has 10 aromatic rings. The summed E-state index contributed by atoms with van der Waals surface area (Å²) in [5, 5.41) is 6.78. The van der Waals surface area contributed by atoms with Gasteiger partial charge in [0.05, 0.1) is 0 Å². The lowest BCUT2D eigenvalue weighted by molar-refractivity contribution is 0.663. The minimum atomic E-state index is 0.847. The average Bonchev–Trinajstić information content (AvgIpc) is 3.74. The van der Waals surface area contributed by atoms with Crippen LogP contribution in [0.1, 0.15) is 0 Å². The van der Waals surface area contributed by atoms with Gasteiger partial charge in [0.1, 0.15) is 22.3 Å². The van der Waals surface area contributed by atoms with Crippen LogP contribution in [-0.2, 0) is 0 Å². The molecule has 0 fully saturated rings. The van der Waals surface area contributed by atoms with Crippen LogP contribution in [0, 0.1) is 0 Å². The van der Waals surface area contributed by atoms with Crippen LogP contribution in [0.15, 0.2) is 185 Å². The normalized spacial score (nSPS) is 11.7. The van der Waals surface area contributed by atoms with Crippen LogP contribution >= 0.6 is 0 Å². The highest BCUT2D eigenvalue weighted by atomic mass is 16.3. The molecule has 0 radical (unpaired) electrons. The zero-order chi connectivity index (χ0) is 32.3. The predicted octanol–water partition coefficient (Wildman–Crippen LogP) is 13.4. The van der Waals surface area contributed by atoms with Gasteiger partial charge >= 0.3 is 0 Å². The molecule has 3 nitrogen and oxygen atoms in total. The maximum absolute atomic E-state index is 6.88. The highest BCUT2D eigenvalue weighted by Gasteiger charge is 2.22. The average molecular weight is 628 g/mol. The summed E-state index contributed by atoms with van der Waals surface area (Å²) in [6.45, 7) is 0. The van der Waals surface area contributed by atoms with Crippen LogP contribution in [0.3, 0.4) is 0 Å². The molecule has 230 valence electrons. The zero-order valence-electron chi connectivity index (χ0n) is 26.5. The SMILES string of the molecule is c1ccc(N(c2ccccc2)c2ccc(-c3ccc(-c4ccc5ccccc5c4)c4c3oc3ccc5oc6ccccc6c5c34)cc2)cc1. The third kappa shape index (κ3) is 4.44. The quantitative estimate of drug-likeness (QED) is 0.190. The molecular formula is C46H29NO2. The molecule has 10 rings (SSSR count). The van der Waals surface area contributed by atoms with Crippen LogP contribution in [-0.4, -0.2) is 0 Å². The van der Waals surface area contributed by atoms with E-state index in [1.165, 1.54) is 10.8 Å². The first-order chi connectivity index (χ1) is 24.3. The van der Waals surface area contributed by atoms with Crippen molar-refractivity contribution in [2.75, 3.05) is 4.90 Å². The number of hydrogen-bond acceptors (Lipinski definition) is 3. The van der Waals surface area contributed by atoms with Crippen LogP contribution < -0.4 is 4.90 Å². The molecule has 2 aromatic heterocycles. The monoisotopic (exact) mass is 627 g/mol. The Morgan fingerprint density at radius 1 is 0.347 bits per heavy atom. The van der Waals surface area contributed by atoms with E-state index in [1.807, 2.05) is 18.2 Å². The van der Waals surface area contributed by atoms with E-state index in [0.717, 1.165) is 83.2 Å². The molecule has 0 saturated heterocycles. The fourth-order valence-electron chi connectivity index (χ4n) is 7.39. The smallest absolute Gasteiger partial charge is 0.143 e. The fraction of sp³-hybridized carbons (Fsp3) is 0. The molecule has 0 spiro atoms. The largest absolute Gasteiger partial charge is 0.456 e. The lowest BCUT2D eigenvalue weighted by atomic mass is 9.92. The Bertz CT molecular complexity index is 2770. The van der Waals surface area contributed by atoms with Gasteiger partial charge in [0, 0.05) is 44.2 Å². The molecule has 0 aliphatic heterocycles. The summed E-state index contributed by atoms with van der Waals surface area (Å²) in [6.07, 6.45) is 0. The number of fused-ring (bicyclic) bond motifs is 8. The van der Waals surface area contributed by atoms with Crippen molar-refractivity contribution in [3.8, 4) is 22.3 Å². The van der Waals surface area contributed by atoms with E-state index in [-0.39, 0.29) is 0 Å². The highest BCUT2D eigenvalue weighted by molar-refractivity contribution is 6.29. The van der Waals surface area contributed by atoms with Gasteiger partial charge in [-0.2, -0.15) is 0 Å². The Hall–Kier alpha value is -6.58. The van der Waals surface area contributed by atoms with E-state index in [4.69, 9.17) is 8.83 Å². The van der Waals surface area contributed by atoms with Crippen molar-refractivity contribution in [3.63, 3.8) is 0 Å².